The van der Waals surface area contributed by atoms with E-state index in [2.05, 4.69) is 0 Å². The molecule has 0 spiro atoms. The van der Waals surface area contributed by atoms with Gasteiger partial charge < -0.3 is 79.5 Å². The van der Waals surface area contributed by atoms with Gasteiger partial charge in [0.05, 0.1) is 20.3 Å². The van der Waals surface area contributed by atoms with Crippen LogP contribution in [0, 0.1) is 0 Å². The molecule has 0 saturated carbocycles. The zero-order valence-corrected chi connectivity index (χ0v) is 22.7. The number of aliphatic hydroxyl groups is 6. The first-order valence-electron chi connectivity index (χ1n) is 13.3. The highest BCUT2D eigenvalue weighted by Gasteiger charge is 2.49. The Balaban J connectivity index is 1.35. The molecule has 0 aromatic heterocycles. The fraction of sp³-hybridized carbons (Fsp3) is 0.556. The lowest BCUT2D eigenvalue weighted by atomic mass is 9.93. The summed E-state index contributed by atoms with van der Waals surface area (Å²) in [6, 6.07) is 5.12. The fourth-order valence-corrected chi connectivity index (χ4v) is 5.33. The summed E-state index contributed by atoms with van der Waals surface area (Å²) in [5.74, 6) is -1.80. The average molecular weight is 615 g/mol. The minimum Gasteiger partial charge on any atom is -0.504 e. The molecule has 16 heteroatoms. The van der Waals surface area contributed by atoms with Crippen molar-refractivity contribution in [2.24, 2.45) is 0 Å². The molecule has 3 aliphatic heterocycles. The van der Waals surface area contributed by atoms with Gasteiger partial charge in [-0.25, -0.2) is 0 Å². The van der Waals surface area contributed by atoms with Gasteiger partial charge in [0.15, 0.2) is 41.7 Å². The van der Waals surface area contributed by atoms with Gasteiger partial charge in [0.1, 0.15) is 54.6 Å². The number of benzene rings is 2. The molecule has 3 heterocycles. The molecule has 238 valence electrons. The molecule has 6 unspecified atom stereocenters. The Labute approximate surface area is 244 Å². The molecule has 0 amide bonds. The number of phenolic OH excluding ortho intramolecular Hbond substituents is 4. The third-order valence-corrected chi connectivity index (χ3v) is 7.73. The maximum Gasteiger partial charge on any atom is 0.203 e. The van der Waals surface area contributed by atoms with Crippen molar-refractivity contribution in [1.29, 1.82) is 0 Å². The number of aromatic hydroxyl groups is 4. The molecule has 0 radical (unpaired) electrons. The van der Waals surface area contributed by atoms with Crippen molar-refractivity contribution in [3.05, 3.63) is 35.4 Å². The van der Waals surface area contributed by atoms with Gasteiger partial charge in [0.25, 0.3) is 0 Å². The van der Waals surface area contributed by atoms with Crippen molar-refractivity contribution in [1.82, 2.24) is 0 Å². The second kappa shape index (κ2) is 12.4. The largest absolute Gasteiger partial charge is 0.504 e. The minimum atomic E-state index is -1.75. The summed E-state index contributed by atoms with van der Waals surface area (Å²) in [6.07, 6.45) is -16.3. The molecule has 2 fully saturated rings. The molecule has 11 atom stereocenters. The summed E-state index contributed by atoms with van der Waals surface area (Å²) in [5, 5.41) is 102. The van der Waals surface area contributed by atoms with Crippen LogP contribution in [0.5, 0.6) is 34.5 Å². The van der Waals surface area contributed by atoms with Crippen LogP contribution >= 0.6 is 0 Å². The van der Waals surface area contributed by atoms with E-state index in [0.717, 1.165) is 0 Å². The second-order valence-electron chi connectivity index (χ2n) is 10.5. The highest BCUT2D eigenvalue weighted by Crippen LogP contribution is 2.49. The Kier molecular flexibility index (Phi) is 9.05. The molecule has 2 saturated heterocycles. The summed E-state index contributed by atoms with van der Waals surface area (Å²) < 4.78 is 33.6. The van der Waals surface area contributed by atoms with E-state index in [4.69, 9.17) is 28.4 Å². The van der Waals surface area contributed by atoms with E-state index in [1.807, 2.05) is 0 Å². The van der Waals surface area contributed by atoms with Crippen LogP contribution in [0.1, 0.15) is 17.2 Å². The third kappa shape index (κ3) is 5.86. The lowest BCUT2D eigenvalue weighted by Gasteiger charge is -2.44. The van der Waals surface area contributed by atoms with Gasteiger partial charge in [-0.05, 0) is 17.7 Å². The predicted octanol–water partition coefficient (Wildman–Crippen LogP) is -2.16. The standard InChI is InChI=1S/C27H34O16/c1-38-25-13(31)6-14-10(18(25)32)5-15(24(40-14)9-2-3-11(29)12(30)4-9)41-26-22(36)20(34)17(8-39-26)43-27-23(37)21(35)19(33)16(7-28)42-27/h2-4,6,15-17,19-24,26-37H,5,7-8H2,1H3/t15?,16?,17-,19-,20?,21+,22?,23?,24?,26-,27+/m1/s1. The van der Waals surface area contributed by atoms with E-state index < -0.39 is 104 Å². The predicted molar refractivity (Wildman–Crippen MR) is 138 cm³/mol. The Morgan fingerprint density at radius 1 is 0.791 bits per heavy atom. The van der Waals surface area contributed by atoms with Crippen molar-refractivity contribution < 1.29 is 79.5 Å². The Bertz CT molecular complexity index is 1290. The SMILES string of the molecule is COc1c(O)cc2c(c1O)CC(O[C@H]1OC[C@@H](O[C@@H]3OC(CO)[C@@H](O)[C@H](O)C3O)C(O)C1O)C(c1ccc(O)c(O)c1)O2. The number of hydrogen-bond acceptors (Lipinski definition) is 16. The average Bonchev–Trinajstić information content (AvgIpc) is 2.98. The maximum absolute atomic E-state index is 10.9. The molecule has 2 aromatic carbocycles. The molecule has 0 aliphatic carbocycles. The first-order valence-corrected chi connectivity index (χ1v) is 13.3. The van der Waals surface area contributed by atoms with Crippen LogP contribution in [-0.4, -0.2) is 133 Å². The van der Waals surface area contributed by atoms with Gasteiger partial charge in [-0.1, -0.05) is 6.07 Å². The highest BCUT2D eigenvalue weighted by molar-refractivity contribution is 5.61. The number of rotatable bonds is 7. The lowest BCUT2D eigenvalue weighted by Crippen LogP contribution is -2.62. The van der Waals surface area contributed by atoms with Crippen molar-refractivity contribution in [2.45, 2.75) is 73.9 Å². The molecule has 3 aliphatic rings. The van der Waals surface area contributed by atoms with Crippen LogP contribution in [-0.2, 0) is 25.4 Å². The summed E-state index contributed by atoms with van der Waals surface area (Å²) >= 11 is 0. The zero-order valence-electron chi connectivity index (χ0n) is 22.7. The van der Waals surface area contributed by atoms with Crippen molar-refractivity contribution in [3.8, 4) is 34.5 Å². The number of phenols is 4. The van der Waals surface area contributed by atoms with E-state index >= 15 is 0 Å². The molecule has 43 heavy (non-hydrogen) atoms. The Morgan fingerprint density at radius 2 is 1.49 bits per heavy atom. The fourth-order valence-electron chi connectivity index (χ4n) is 5.33. The van der Waals surface area contributed by atoms with Gasteiger partial charge in [-0.15, -0.1) is 0 Å². The molecular weight excluding hydrogens is 580 g/mol. The van der Waals surface area contributed by atoms with Crippen molar-refractivity contribution in [3.63, 3.8) is 0 Å². The van der Waals surface area contributed by atoms with Crippen LogP contribution in [0.4, 0.5) is 0 Å². The smallest absolute Gasteiger partial charge is 0.203 e. The first kappa shape index (κ1) is 31.3. The van der Waals surface area contributed by atoms with Crippen LogP contribution in [0.25, 0.3) is 0 Å². The van der Waals surface area contributed by atoms with Gasteiger partial charge in [0.2, 0.25) is 5.75 Å². The van der Waals surface area contributed by atoms with Gasteiger partial charge in [-0.3, -0.25) is 0 Å². The number of fused-ring (bicyclic) bond motifs is 1. The third-order valence-electron chi connectivity index (χ3n) is 7.73. The molecule has 16 nitrogen and oxygen atoms in total. The molecule has 2 aromatic rings. The zero-order chi connectivity index (χ0) is 31.2. The van der Waals surface area contributed by atoms with Gasteiger partial charge >= 0.3 is 0 Å². The van der Waals surface area contributed by atoms with Crippen molar-refractivity contribution in [2.75, 3.05) is 20.3 Å². The Morgan fingerprint density at radius 3 is 2.16 bits per heavy atom. The second-order valence-corrected chi connectivity index (χ2v) is 10.5. The van der Waals surface area contributed by atoms with Crippen LogP contribution < -0.4 is 9.47 Å². The summed E-state index contributed by atoms with van der Waals surface area (Å²) in [4.78, 5) is 0. The van der Waals surface area contributed by atoms with E-state index in [1.54, 1.807) is 0 Å². The first-order chi connectivity index (χ1) is 20.4. The van der Waals surface area contributed by atoms with Crippen molar-refractivity contribution >= 4 is 0 Å². The van der Waals surface area contributed by atoms with Gasteiger partial charge in [0, 0.05) is 18.1 Å². The maximum atomic E-state index is 10.9. The number of aliphatic hydroxyl groups excluding tert-OH is 6. The molecule has 10 N–H and O–H groups in total. The molecule has 5 rings (SSSR count). The number of hydrogen-bond donors (Lipinski definition) is 10. The van der Waals surface area contributed by atoms with E-state index in [0.29, 0.717) is 5.56 Å². The topological polar surface area (TPSA) is 258 Å². The number of ether oxygens (including phenoxy) is 6. The quantitative estimate of drug-likeness (QED) is 0.149. The lowest BCUT2D eigenvalue weighted by molar-refractivity contribution is -0.347. The summed E-state index contributed by atoms with van der Waals surface area (Å²) in [5.41, 5.74) is 0.504. The van der Waals surface area contributed by atoms with Crippen LogP contribution in [0.3, 0.4) is 0 Å². The molecular formula is C27H34O16. The van der Waals surface area contributed by atoms with E-state index in [1.165, 1.54) is 31.4 Å². The number of methoxy groups -OCH3 is 1. The normalized spacial score (nSPS) is 36.0. The summed E-state index contributed by atoms with van der Waals surface area (Å²) in [6.45, 7) is -1.10. The van der Waals surface area contributed by atoms with Gasteiger partial charge in [-0.2, -0.15) is 0 Å². The van der Waals surface area contributed by atoms with E-state index in [-0.39, 0.29) is 23.5 Å². The van der Waals surface area contributed by atoms with Crippen LogP contribution in [0.15, 0.2) is 24.3 Å². The highest BCUT2D eigenvalue weighted by atomic mass is 16.7. The summed E-state index contributed by atoms with van der Waals surface area (Å²) in [7, 11) is 1.25. The van der Waals surface area contributed by atoms with Crippen LogP contribution in [0.2, 0.25) is 0 Å². The monoisotopic (exact) mass is 614 g/mol. The minimum absolute atomic E-state index is 0.0753. The molecule has 0 bridgehead atoms. The Hall–Kier alpha value is -3.16. The van der Waals surface area contributed by atoms with E-state index in [9.17, 15) is 51.1 Å².